The summed E-state index contributed by atoms with van der Waals surface area (Å²) < 4.78 is 11.2. The number of hydrogen-bond donors (Lipinski definition) is 2. The number of benzene rings is 1. The van der Waals surface area contributed by atoms with Crippen molar-refractivity contribution in [1.29, 1.82) is 0 Å². The van der Waals surface area contributed by atoms with Crippen LogP contribution in [0.3, 0.4) is 0 Å². The maximum atomic E-state index is 12.6. The third kappa shape index (κ3) is 6.37. The molecule has 1 unspecified atom stereocenters. The van der Waals surface area contributed by atoms with Crippen LogP contribution in [0, 0.1) is 11.8 Å². The van der Waals surface area contributed by atoms with E-state index < -0.39 is 18.1 Å². The number of ether oxygens (including phenoxy) is 2. The Hall–Kier alpha value is -2.77. The van der Waals surface area contributed by atoms with Crippen LogP contribution in [0.2, 0.25) is 0 Å². The molecule has 1 aromatic carbocycles. The normalized spacial score (nSPS) is 17.6. The monoisotopic (exact) mass is 419 g/mol. The van der Waals surface area contributed by atoms with E-state index in [1.54, 1.807) is 32.2 Å². The quantitative estimate of drug-likeness (QED) is 0.566. The Morgan fingerprint density at radius 3 is 2.63 bits per heavy atom. The van der Waals surface area contributed by atoms with Gasteiger partial charge in [-0.3, -0.25) is 9.80 Å². The molecule has 1 heterocycles. The van der Waals surface area contributed by atoms with E-state index in [-0.39, 0.29) is 11.8 Å². The molecule has 2 rings (SSSR count). The van der Waals surface area contributed by atoms with Gasteiger partial charge in [0.25, 0.3) is 0 Å². The minimum absolute atomic E-state index is 0.201. The highest BCUT2D eigenvalue weighted by molar-refractivity contribution is 5.87. The van der Waals surface area contributed by atoms with E-state index in [0.717, 1.165) is 12.0 Å². The lowest BCUT2D eigenvalue weighted by atomic mass is 10.0. The van der Waals surface area contributed by atoms with Crippen LogP contribution in [0.1, 0.15) is 46.1 Å². The highest BCUT2D eigenvalue weighted by Crippen LogP contribution is 2.28. The summed E-state index contributed by atoms with van der Waals surface area (Å²) in [5.41, 5.74) is 0.825. The Morgan fingerprint density at radius 1 is 1.30 bits per heavy atom. The molecule has 0 bridgehead atoms. The fraction of sp³-hybridized carbons (Fsp3) is 0.591. The third-order valence-electron chi connectivity index (χ3n) is 4.87. The molecule has 2 atom stereocenters. The first-order chi connectivity index (χ1) is 14.2. The fourth-order valence-corrected chi connectivity index (χ4v) is 3.20. The van der Waals surface area contributed by atoms with Crippen LogP contribution >= 0.6 is 0 Å². The molecule has 0 saturated carbocycles. The number of carbonyl (C=O) groups is 2. The van der Waals surface area contributed by atoms with Crippen molar-refractivity contribution >= 4 is 18.1 Å². The molecule has 8 nitrogen and oxygen atoms in total. The molecular weight excluding hydrogens is 386 g/mol. The fourth-order valence-electron chi connectivity index (χ4n) is 3.20. The largest absolute Gasteiger partial charge is 0.493 e. The van der Waals surface area contributed by atoms with E-state index in [0.29, 0.717) is 37.0 Å². The number of aliphatic carboxylic acids is 1. The Bertz CT molecular complexity index is 763. The minimum atomic E-state index is -1.03. The molecule has 0 aromatic heterocycles. The lowest BCUT2D eigenvalue weighted by molar-refractivity contribution is -0.143. The Labute approximate surface area is 178 Å². The zero-order valence-corrected chi connectivity index (χ0v) is 18.4. The van der Waals surface area contributed by atoms with Gasteiger partial charge < -0.3 is 19.9 Å². The number of amides is 1. The SMILES string of the molecule is COc1ccc(/C=N/N2CCC[C@H]2C(=O)NC(C(=O)O)C(C)C)cc1OCC(C)C. The summed E-state index contributed by atoms with van der Waals surface area (Å²) in [5.74, 6) is 0.149. The summed E-state index contributed by atoms with van der Waals surface area (Å²) in [6.45, 7) is 8.90. The Kier molecular flexibility index (Phi) is 8.50. The summed E-state index contributed by atoms with van der Waals surface area (Å²) in [7, 11) is 1.60. The maximum Gasteiger partial charge on any atom is 0.326 e. The number of nitrogens with one attached hydrogen (secondary N) is 1. The van der Waals surface area contributed by atoms with E-state index in [2.05, 4.69) is 24.3 Å². The Balaban J connectivity index is 2.09. The molecule has 8 heteroatoms. The molecule has 1 saturated heterocycles. The van der Waals surface area contributed by atoms with Crippen molar-refractivity contribution in [2.45, 2.75) is 52.6 Å². The van der Waals surface area contributed by atoms with E-state index >= 15 is 0 Å². The molecule has 1 aliphatic heterocycles. The number of rotatable bonds is 10. The standard InChI is InChI=1S/C22H33N3O5/c1-14(2)13-30-19-11-16(8-9-18(19)29-5)12-23-25-10-6-7-17(25)21(26)24-20(15(3)4)22(27)28/h8-9,11-12,14-15,17,20H,6-7,10,13H2,1-5H3,(H,24,26)(H,27,28)/b23-12+/t17-,20?/m0/s1. The summed E-state index contributed by atoms with van der Waals surface area (Å²) >= 11 is 0. The van der Waals surface area contributed by atoms with E-state index in [4.69, 9.17) is 9.47 Å². The molecule has 0 radical (unpaired) electrons. The highest BCUT2D eigenvalue weighted by atomic mass is 16.5. The van der Waals surface area contributed by atoms with Crippen molar-refractivity contribution in [3.63, 3.8) is 0 Å². The summed E-state index contributed by atoms with van der Waals surface area (Å²) in [6, 6.07) is 4.16. The first-order valence-corrected chi connectivity index (χ1v) is 10.4. The second-order valence-electron chi connectivity index (χ2n) is 8.25. The van der Waals surface area contributed by atoms with Gasteiger partial charge >= 0.3 is 5.97 Å². The van der Waals surface area contributed by atoms with Crippen LogP contribution in [-0.2, 0) is 9.59 Å². The summed E-state index contributed by atoms with van der Waals surface area (Å²) in [6.07, 6.45) is 3.14. The lowest BCUT2D eigenvalue weighted by Crippen LogP contribution is -2.50. The summed E-state index contributed by atoms with van der Waals surface area (Å²) in [5, 5.41) is 18.2. The van der Waals surface area contributed by atoms with Crippen LogP contribution in [0.15, 0.2) is 23.3 Å². The summed E-state index contributed by atoms with van der Waals surface area (Å²) in [4.78, 5) is 24.0. The number of hydrazone groups is 1. The number of methoxy groups -OCH3 is 1. The number of carboxylic acids is 1. The Morgan fingerprint density at radius 2 is 2.03 bits per heavy atom. The molecule has 1 aliphatic rings. The number of hydrogen-bond acceptors (Lipinski definition) is 6. The van der Waals surface area contributed by atoms with Crippen molar-refractivity contribution < 1.29 is 24.2 Å². The predicted molar refractivity (Wildman–Crippen MR) is 115 cm³/mol. The van der Waals surface area contributed by atoms with Gasteiger partial charge in [-0.05, 0) is 48.4 Å². The molecule has 1 fully saturated rings. The average Bonchev–Trinajstić information content (AvgIpc) is 3.16. The van der Waals surface area contributed by atoms with Gasteiger partial charge in [0.05, 0.1) is 19.9 Å². The zero-order valence-electron chi connectivity index (χ0n) is 18.4. The van der Waals surface area contributed by atoms with Gasteiger partial charge in [0.15, 0.2) is 11.5 Å². The average molecular weight is 420 g/mol. The highest BCUT2D eigenvalue weighted by Gasteiger charge is 2.33. The second kappa shape index (κ2) is 10.8. The van der Waals surface area contributed by atoms with Gasteiger partial charge in [-0.25, -0.2) is 4.79 Å². The van der Waals surface area contributed by atoms with Crippen LogP contribution in [0.4, 0.5) is 0 Å². The van der Waals surface area contributed by atoms with Gasteiger partial charge in [-0.2, -0.15) is 5.10 Å². The molecular formula is C22H33N3O5. The van der Waals surface area contributed by atoms with E-state index in [1.165, 1.54) is 0 Å². The van der Waals surface area contributed by atoms with E-state index in [9.17, 15) is 14.7 Å². The molecule has 1 aromatic rings. The first-order valence-electron chi connectivity index (χ1n) is 10.4. The van der Waals surface area contributed by atoms with Gasteiger partial charge in [-0.1, -0.05) is 27.7 Å². The predicted octanol–water partition coefficient (Wildman–Crippen LogP) is 2.75. The molecule has 0 aliphatic carbocycles. The van der Waals surface area contributed by atoms with Crippen molar-refractivity contribution in [3.05, 3.63) is 23.8 Å². The second-order valence-corrected chi connectivity index (χ2v) is 8.25. The van der Waals surface area contributed by atoms with Crippen molar-refractivity contribution in [1.82, 2.24) is 10.3 Å². The third-order valence-corrected chi connectivity index (χ3v) is 4.87. The maximum absolute atomic E-state index is 12.6. The topological polar surface area (TPSA) is 100 Å². The van der Waals surface area contributed by atoms with Crippen LogP contribution in [-0.4, -0.2) is 60.6 Å². The van der Waals surface area contributed by atoms with Crippen LogP contribution < -0.4 is 14.8 Å². The van der Waals surface area contributed by atoms with E-state index in [1.807, 2.05) is 18.2 Å². The first kappa shape index (κ1) is 23.5. The number of carboxylic acid groups (broad SMARTS) is 1. The van der Waals surface area contributed by atoms with Gasteiger partial charge in [0, 0.05) is 6.54 Å². The van der Waals surface area contributed by atoms with Crippen molar-refractivity contribution in [3.8, 4) is 11.5 Å². The number of carbonyl (C=O) groups excluding carboxylic acids is 1. The van der Waals surface area contributed by atoms with Crippen LogP contribution in [0.25, 0.3) is 0 Å². The van der Waals surface area contributed by atoms with Gasteiger partial charge in [0.2, 0.25) is 5.91 Å². The molecule has 2 N–H and O–H groups in total. The molecule has 1 amide bonds. The lowest BCUT2D eigenvalue weighted by Gasteiger charge is -2.24. The molecule has 30 heavy (non-hydrogen) atoms. The minimum Gasteiger partial charge on any atom is -0.493 e. The van der Waals surface area contributed by atoms with Crippen LogP contribution in [0.5, 0.6) is 11.5 Å². The zero-order chi connectivity index (χ0) is 22.3. The molecule has 0 spiro atoms. The van der Waals surface area contributed by atoms with Crippen molar-refractivity contribution in [2.75, 3.05) is 20.3 Å². The van der Waals surface area contributed by atoms with Crippen molar-refractivity contribution in [2.24, 2.45) is 16.9 Å². The van der Waals surface area contributed by atoms with Gasteiger partial charge in [-0.15, -0.1) is 0 Å². The molecule has 166 valence electrons. The number of nitrogens with zero attached hydrogens (tertiary/aromatic N) is 2. The smallest absolute Gasteiger partial charge is 0.326 e. The van der Waals surface area contributed by atoms with Gasteiger partial charge in [0.1, 0.15) is 12.1 Å².